The van der Waals surface area contributed by atoms with Crippen LogP contribution < -0.4 is 5.32 Å². The van der Waals surface area contributed by atoms with Gasteiger partial charge in [-0.05, 0) is 66.1 Å². The summed E-state index contributed by atoms with van der Waals surface area (Å²) in [6, 6.07) is 5.85. The number of nitrogens with one attached hydrogen (secondary N) is 1. The molecule has 0 aromatic heterocycles. The lowest BCUT2D eigenvalue weighted by Crippen LogP contribution is -2.39. The molecule has 1 saturated carbocycles. The highest BCUT2D eigenvalue weighted by atomic mass is 79.9. The molecule has 21 heavy (non-hydrogen) atoms. The number of nitro benzene ring substituents is 1. The van der Waals surface area contributed by atoms with Crippen LogP contribution in [0.2, 0.25) is 0 Å². The van der Waals surface area contributed by atoms with Gasteiger partial charge in [0.2, 0.25) is 0 Å². The van der Waals surface area contributed by atoms with Crippen LogP contribution in [0, 0.1) is 22.0 Å². The summed E-state index contributed by atoms with van der Waals surface area (Å²) in [5.41, 5.74) is 1.21. The third-order valence-electron chi connectivity index (χ3n) is 4.78. The topological polar surface area (TPSA) is 55.2 Å². The Morgan fingerprint density at radius 3 is 2.81 bits per heavy atom. The average Bonchev–Trinajstić information content (AvgIpc) is 2.49. The van der Waals surface area contributed by atoms with Crippen LogP contribution in [0.5, 0.6) is 0 Å². The van der Waals surface area contributed by atoms with Crippen molar-refractivity contribution < 1.29 is 4.92 Å². The molecule has 3 unspecified atom stereocenters. The van der Waals surface area contributed by atoms with Crippen molar-refractivity contribution in [2.24, 2.45) is 11.8 Å². The molecule has 0 spiro atoms. The highest BCUT2D eigenvalue weighted by Gasteiger charge is 2.30. The molecule has 1 fully saturated rings. The standard InChI is InChI=1S/C16H23BrN2O2/c1-3-11-7-8-14(18-2)13(9-11)10-12-5-4-6-15(16(12)17)19(20)21/h4-6,11,13-14,18H,3,7-10H2,1-2H3. The van der Waals surface area contributed by atoms with Crippen molar-refractivity contribution in [2.45, 2.75) is 45.1 Å². The highest BCUT2D eigenvalue weighted by Crippen LogP contribution is 2.36. The fourth-order valence-electron chi connectivity index (χ4n) is 3.49. The molecule has 5 heteroatoms. The minimum atomic E-state index is -0.321. The molecule has 0 heterocycles. The van der Waals surface area contributed by atoms with E-state index in [-0.39, 0.29) is 10.6 Å². The molecule has 0 bridgehead atoms. The molecule has 0 amide bonds. The maximum atomic E-state index is 11.0. The van der Waals surface area contributed by atoms with E-state index in [2.05, 4.69) is 28.2 Å². The van der Waals surface area contributed by atoms with E-state index in [4.69, 9.17) is 0 Å². The summed E-state index contributed by atoms with van der Waals surface area (Å²) in [5, 5.41) is 14.5. The molecule has 116 valence electrons. The summed E-state index contributed by atoms with van der Waals surface area (Å²) in [4.78, 5) is 10.7. The van der Waals surface area contributed by atoms with Crippen LogP contribution in [-0.4, -0.2) is 18.0 Å². The van der Waals surface area contributed by atoms with Crippen molar-refractivity contribution in [2.75, 3.05) is 7.05 Å². The molecule has 2 rings (SSSR count). The van der Waals surface area contributed by atoms with Crippen LogP contribution in [0.25, 0.3) is 0 Å². The first-order valence-electron chi connectivity index (χ1n) is 7.65. The Balaban J connectivity index is 2.19. The fourth-order valence-corrected chi connectivity index (χ4v) is 4.06. The number of nitro groups is 1. The van der Waals surface area contributed by atoms with Gasteiger partial charge in [0.15, 0.2) is 0 Å². The predicted octanol–water partition coefficient (Wildman–Crippen LogP) is 4.31. The normalized spacial score (nSPS) is 25.8. The van der Waals surface area contributed by atoms with E-state index in [1.165, 1.54) is 25.7 Å². The molecule has 0 saturated heterocycles. The van der Waals surface area contributed by atoms with Gasteiger partial charge in [0.05, 0.1) is 9.40 Å². The highest BCUT2D eigenvalue weighted by molar-refractivity contribution is 9.10. The van der Waals surface area contributed by atoms with Crippen molar-refractivity contribution in [3.63, 3.8) is 0 Å². The Labute approximate surface area is 134 Å². The van der Waals surface area contributed by atoms with Crippen molar-refractivity contribution >= 4 is 21.6 Å². The van der Waals surface area contributed by atoms with E-state index >= 15 is 0 Å². The fraction of sp³-hybridized carbons (Fsp3) is 0.625. The maximum absolute atomic E-state index is 11.0. The van der Waals surface area contributed by atoms with E-state index in [1.807, 2.05) is 13.1 Å². The second kappa shape index (κ2) is 7.36. The van der Waals surface area contributed by atoms with Crippen LogP contribution in [0.3, 0.4) is 0 Å². The summed E-state index contributed by atoms with van der Waals surface area (Å²) >= 11 is 3.42. The van der Waals surface area contributed by atoms with Crippen LogP contribution in [0.15, 0.2) is 22.7 Å². The summed E-state index contributed by atoms with van der Waals surface area (Å²) in [6.45, 7) is 2.25. The summed E-state index contributed by atoms with van der Waals surface area (Å²) in [6.07, 6.45) is 5.81. The van der Waals surface area contributed by atoms with Gasteiger partial charge >= 0.3 is 0 Å². The number of hydrogen-bond donors (Lipinski definition) is 1. The third-order valence-corrected chi connectivity index (χ3v) is 5.69. The van der Waals surface area contributed by atoms with Crippen molar-refractivity contribution in [1.29, 1.82) is 0 Å². The van der Waals surface area contributed by atoms with Crippen molar-refractivity contribution in [3.8, 4) is 0 Å². The lowest BCUT2D eigenvalue weighted by molar-refractivity contribution is -0.385. The number of nitrogens with zero attached hydrogens (tertiary/aromatic N) is 1. The van der Waals surface area contributed by atoms with Gasteiger partial charge in [-0.25, -0.2) is 0 Å². The smallest absolute Gasteiger partial charge is 0.283 e. The van der Waals surface area contributed by atoms with Gasteiger partial charge in [-0.1, -0.05) is 25.5 Å². The van der Waals surface area contributed by atoms with Gasteiger partial charge in [0.25, 0.3) is 5.69 Å². The summed E-state index contributed by atoms with van der Waals surface area (Å²) in [7, 11) is 2.02. The van der Waals surface area contributed by atoms with Gasteiger partial charge in [0.1, 0.15) is 0 Å². The number of hydrogen-bond acceptors (Lipinski definition) is 3. The molecule has 3 atom stereocenters. The lowest BCUT2D eigenvalue weighted by atomic mass is 9.74. The van der Waals surface area contributed by atoms with Crippen LogP contribution in [0.4, 0.5) is 5.69 Å². The second-order valence-electron chi connectivity index (χ2n) is 5.95. The van der Waals surface area contributed by atoms with Crippen molar-refractivity contribution in [3.05, 3.63) is 38.3 Å². The molecular weight excluding hydrogens is 332 g/mol. The van der Waals surface area contributed by atoms with Gasteiger partial charge in [-0.2, -0.15) is 0 Å². The molecule has 0 aliphatic heterocycles. The Bertz CT molecular complexity index is 507. The van der Waals surface area contributed by atoms with E-state index in [1.54, 1.807) is 12.1 Å². The number of benzene rings is 1. The number of rotatable bonds is 5. The molecule has 1 aromatic carbocycles. The lowest BCUT2D eigenvalue weighted by Gasteiger charge is -2.36. The quantitative estimate of drug-likeness (QED) is 0.632. The first kappa shape index (κ1) is 16.4. The Morgan fingerprint density at radius 2 is 2.19 bits per heavy atom. The summed E-state index contributed by atoms with van der Waals surface area (Å²) < 4.78 is 0.642. The largest absolute Gasteiger partial charge is 0.317 e. The monoisotopic (exact) mass is 354 g/mol. The zero-order chi connectivity index (χ0) is 15.4. The zero-order valence-electron chi connectivity index (χ0n) is 12.6. The zero-order valence-corrected chi connectivity index (χ0v) is 14.2. The molecule has 4 nitrogen and oxygen atoms in total. The van der Waals surface area contributed by atoms with Gasteiger partial charge in [-0.15, -0.1) is 0 Å². The Morgan fingerprint density at radius 1 is 1.43 bits per heavy atom. The van der Waals surface area contributed by atoms with E-state index in [9.17, 15) is 10.1 Å². The Kier molecular flexibility index (Phi) is 5.76. The van der Waals surface area contributed by atoms with E-state index < -0.39 is 0 Å². The SMILES string of the molecule is CCC1CCC(NC)C(Cc2cccc([N+](=O)[O-])c2Br)C1. The second-order valence-corrected chi connectivity index (χ2v) is 6.75. The molecule has 1 N–H and O–H groups in total. The average molecular weight is 355 g/mol. The van der Waals surface area contributed by atoms with Crippen LogP contribution in [-0.2, 0) is 6.42 Å². The Hall–Kier alpha value is -0.940. The predicted molar refractivity (Wildman–Crippen MR) is 88.5 cm³/mol. The van der Waals surface area contributed by atoms with Gasteiger partial charge in [-0.3, -0.25) is 10.1 Å². The first-order chi connectivity index (χ1) is 10.1. The van der Waals surface area contributed by atoms with E-state index in [0.717, 1.165) is 17.9 Å². The molecular formula is C16H23BrN2O2. The van der Waals surface area contributed by atoms with Gasteiger partial charge < -0.3 is 5.32 Å². The maximum Gasteiger partial charge on any atom is 0.283 e. The van der Waals surface area contributed by atoms with Crippen molar-refractivity contribution in [1.82, 2.24) is 5.32 Å². The molecule has 1 aromatic rings. The molecule has 1 aliphatic carbocycles. The van der Waals surface area contributed by atoms with Crippen LogP contribution >= 0.6 is 15.9 Å². The van der Waals surface area contributed by atoms with E-state index in [0.29, 0.717) is 16.4 Å². The third kappa shape index (κ3) is 3.83. The molecule has 0 radical (unpaired) electrons. The minimum Gasteiger partial charge on any atom is -0.317 e. The first-order valence-corrected chi connectivity index (χ1v) is 8.45. The minimum absolute atomic E-state index is 0.163. The summed E-state index contributed by atoms with van der Waals surface area (Å²) in [5.74, 6) is 1.34. The van der Waals surface area contributed by atoms with Crippen LogP contribution in [0.1, 0.15) is 38.2 Å². The number of halogens is 1. The molecule has 1 aliphatic rings. The van der Waals surface area contributed by atoms with Gasteiger partial charge in [0, 0.05) is 12.1 Å².